The van der Waals surface area contributed by atoms with Crippen LogP contribution < -0.4 is 0 Å². The van der Waals surface area contributed by atoms with Gasteiger partial charge in [-0.3, -0.25) is 0 Å². The molecular weight excluding hydrogens is 160 g/mol. The van der Waals surface area contributed by atoms with Gasteiger partial charge in [0.25, 0.3) is 0 Å². The van der Waals surface area contributed by atoms with Crippen LogP contribution >= 0.6 is 0 Å². The van der Waals surface area contributed by atoms with Gasteiger partial charge in [-0.25, -0.2) is 0 Å². The molecule has 4 aliphatic carbocycles. The van der Waals surface area contributed by atoms with E-state index in [4.69, 9.17) is 4.74 Å². The van der Waals surface area contributed by atoms with Crippen LogP contribution in [0.5, 0.6) is 0 Å². The molecule has 0 aromatic rings. The van der Waals surface area contributed by atoms with E-state index in [-0.39, 0.29) is 0 Å². The highest BCUT2D eigenvalue weighted by atomic mass is 16.5. The molecule has 0 spiro atoms. The lowest BCUT2D eigenvalue weighted by atomic mass is 9.70. The quantitative estimate of drug-likeness (QED) is 0.549. The van der Waals surface area contributed by atoms with Crippen LogP contribution in [-0.4, -0.2) is 12.2 Å². The highest BCUT2D eigenvalue weighted by Crippen LogP contribution is 2.71. The third-order valence-electron chi connectivity index (χ3n) is 6.07. The predicted octanol–water partition coefficient (Wildman–Crippen LogP) is 2.07. The van der Waals surface area contributed by atoms with E-state index in [2.05, 4.69) is 0 Å². The summed E-state index contributed by atoms with van der Waals surface area (Å²) in [4.78, 5) is 0. The SMILES string of the molecule is C1C2CC3C1OC1C4CCC1C3C24. The maximum absolute atomic E-state index is 6.31. The Morgan fingerprint density at radius 3 is 2.62 bits per heavy atom. The summed E-state index contributed by atoms with van der Waals surface area (Å²) in [7, 11) is 0. The molecule has 0 amide bonds. The molecule has 0 aromatic carbocycles. The normalized spacial score (nSPS) is 75.7. The molecule has 5 rings (SSSR count). The molecular formula is C12H16O. The molecule has 4 saturated carbocycles. The van der Waals surface area contributed by atoms with Crippen LogP contribution in [0.4, 0.5) is 0 Å². The number of fused-ring (bicyclic) bond motifs is 3. The van der Waals surface area contributed by atoms with E-state index in [0.717, 1.165) is 47.7 Å². The summed E-state index contributed by atoms with van der Waals surface area (Å²) < 4.78 is 6.31. The van der Waals surface area contributed by atoms with Crippen molar-refractivity contribution in [1.29, 1.82) is 0 Å². The largest absolute Gasteiger partial charge is 0.374 e. The summed E-state index contributed by atoms with van der Waals surface area (Å²) in [6.07, 6.45) is 7.45. The average molecular weight is 176 g/mol. The van der Waals surface area contributed by atoms with E-state index >= 15 is 0 Å². The third-order valence-corrected chi connectivity index (χ3v) is 6.07. The van der Waals surface area contributed by atoms with Gasteiger partial charge in [0.05, 0.1) is 12.2 Å². The Kier molecular flexibility index (Phi) is 0.849. The van der Waals surface area contributed by atoms with Gasteiger partial charge in [-0.05, 0) is 61.2 Å². The molecule has 1 heteroatoms. The maximum atomic E-state index is 6.31. The lowest BCUT2D eigenvalue weighted by molar-refractivity contribution is -0.103. The Hall–Kier alpha value is -0.0400. The third kappa shape index (κ3) is 0.495. The molecule has 1 heterocycles. The van der Waals surface area contributed by atoms with Gasteiger partial charge >= 0.3 is 0 Å². The number of hydrogen-bond acceptors (Lipinski definition) is 1. The minimum Gasteiger partial charge on any atom is -0.374 e. The van der Waals surface area contributed by atoms with Gasteiger partial charge < -0.3 is 4.74 Å². The summed E-state index contributed by atoms with van der Waals surface area (Å²) in [5, 5.41) is 0. The number of rotatable bonds is 0. The van der Waals surface area contributed by atoms with Gasteiger partial charge in [0.15, 0.2) is 0 Å². The fraction of sp³-hybridized carbons (Fsp3) is 1.00. The van der Waals surface area contributed by atoms with Crippen molar-refractivity contribution in [2.75, 3.05) is 0 Å². The van der Waals surface area contributed by atoms with Crippen LogP contribution in [0.15, 0.2) is 0 Å². The van der Waals surface area contributed by atoms with E-state index in [1.807, 2.05) is 0 Å². The second-order valence-electron chi connectivity index (χ2n) is 6.09. The van der Waals surface area contributed by atoms with Crippen LogP contribution in [0.25, 0.3) is 0 Å². The fourth-order valence-electron chi connectivity index (χ4n) is 6.04. The molecule has 0 radical (unpaired) electrons. The van der Waals surface area contributed by atoms with Crippen LogP contribution in [0.2, 0.25) is 0 Å². The summed E-state index contributed by atoms with van der Waals surface area (Å²) >= 11 is 0. The first-order chi connectivity index (χ1) is 6.43. The first kappa shape index (κ1) is 6.44. The van der Waals surface area contributed by atoms with E-state index in [0.29, 0.717) is 0 Å². The fourth-order valence-corrected chi connectivity index (χ4v) is 6.04. The molecule has 8 atom stereocenters. The molecule has 1 nitrogen and oxygen atoms in total. The zero-order chi connectivity index (χ0) is 8.15. The van der Waals surface area contributed by atoms with Crippen molar-refractivity contribution < 1.29 is 4.74 Å². The van der Waals surface area contributed by atoms with E-state index in [9.17, 15) is 0 Å². The average Bonchev–Trinajstić information content (AvgIpc) is 2.79. The second-order valence-corrected chi connectivity index (χ2v) is 6.09. The zero-order valence-corrected chi connectivity index (χ0v) is 7.86. The van der Waals surface area contributed by atoms with Gasteiger partial charge in [0.1, 0.15) is 0 Å². The number of ether oxygens (including phenoxy) is 1. The lowest BCUT2D eigenvalue weighted by Gasteiger charge is -2.40. The van der Waals surface area contributed by atoms with Crippen molar-refractivity contribution in [3.8, 4) is 0 Å². The summed E-state index contributed by atoms with van der Waals surface area (Å²) in [5.41, 5.74) is 0. The van der Waals surface area contributed by atoms with Gasteiger partial charge in [-0.15, -0.1) is 0 Å². The van der Waals surface area contributed by atoms with E-state index in [1.165, 1.54) is 19.3 Å². The topological polar surface area (TPSA) is 9.23 Å². The molecule has 1 aliphatic heterocycles. The molecule has 6 bridgehead atoms. The second kappa shape index (κ2) is 1.71. The van der Waals surface area contributed by atoms with Crippen molar-refractivity contribution in [3.05, 3.63) is 0 Å². The Morgan fingerprint density at radius 1 is 0.846 bits per heavy atom. The Balaban J connectivity index is 1.77. The van der Waals surface area contributed by atoms with E-state index in [1.54, 1.807) is 6.42 Å². The van der Waals surface area contributed by atoms with Crippen LogP contribution in [0.3, 0.4) is 0 Å². The number of hydrogen-bond donors (Lipinski definition) is 0. The Bertz CT molecular complexity index is 285. The van der Waals surface area contributed by atoms with Crippen LogP contribution in [0, 0.1) is 35.5 Å². The Morgan fingerprint density at radius 2 is 1.69 bits per heavy atom. The van der Waals surface area contributed by atoms with Crippen molar-refractivity contribution in [2.24, 2.45) is 35.5 Å². The molecule has 1 saturated heterocycles. The molecule has 0 N–H and O–H groups in total. The van der Waals surface area contributed by atoms with Crippen molar-refractivity contribution in [2.45, 2.75) is 37.9 Å². The summed E-state index contributed by atoms with van der Waals surface area (Å²) in [6.45, 7) is 0. The summed E-state index contributed by atoms with van der Waals surface area (Å²) in [5.74, 6) is 6.41. The van der Waals surface area contributed by atoms with Crippen molar-refractivity contribution in [1.82, 2.24) is 0 Å². The molecule has 8 unspecified atom stereocenters. The van der Waals surface area contributed by atoms with Crippen LogP contribution in [-0.2, 0) is 4.74 Å². The van der Waals surface area contributed by atoms with Gasteiger partial charge in [-0.1, -0.05) is 0 Å². The van der Waals surface area contributed by atoms with Crippen LogP contribution in [0.1, 0.15) is 25.7 Å². The molecule has 5 aliphatic rings. The summed E-state index contributed by atoms with van der Waals surface area (Å²) in [6, 6.07) is 0. The van der Waals surface area contributed by atoms with Crippen molar-refractivity contribution >= 4 is 0 Å². The predicted molar refractivity (Wildman–Crippen MR) is 48.1 cm³/mol. The minimum atomic E-state index is 0.718. The molecule has 70 valence electrons. The molecule has 0 aromatic heterocycles. The zero-order valence-electron chi connectivity index (χ0n) is 7.86. The first-order valence-corrected chi connectivity index (χ1v) is 6.09. The van der Waals surface area contributed by atoms with Gasteiger partial charge in [0.2, 0.25) is 0 Å². The maximum Gasteiger partial charge on any atom is 0.0641 e. The smallest absolute Gasteiger partial charge is 0.0641 e. The minimum absolute atomic E-state index is 0.718. The lowest BCUT2D eigenvalue weighted by Crippen LogP contribution is -2.40. The van der Waals surface area contributed by atoms with Gasteiger partial charge in [0, 0.05) is 0 Å². The van der Waals surface area contributed by atoms with E-state index < -0.39 is 0 Å². The highest BCUT2D eigenvalue weighted by Gasteiger charge is 2.70. The first-order valence-electron chi connectivity index (χ1n) is 6.09. The molecule has 5 fully saturated rings. The van der Waals surface area contributed by atoms with Gasteiger partial charge in [-0.2, -0.15) is 0 Å². The Labute approximate surface area is 78.8 Å². The highest BCUT2D eigenvalue weighted by molar-refractivity contribution is 5.18. The standard InChI is InChI=1S/C12H16O/c1-2-7-11-8-3-5-4-9(8)13-12(7)6(1)10(5)11/h5-12H,1-4H2. The van der Waals surface area contributed by atoms with Crippen molar-refractivity contribution in [3.63, 3.8) is 0 Å². The monoisotopic (exact) mass is 176 g/mol. The molecule has 13 heavy (non-hydrogen) atoms.